The van der Waals surface area contributed by atoms with Crippen molar-refractivity contribution in [3.8, 4) is 0 Å². The SMILES string of the molecule is Cn1c(CN)nc(CCc2cccs2)c1Br. The van der Waals surface area contributed by atoms with Gasteiger partial charge in [-0.15, -0.1) is 11.3 Å². The molecule has 0 aromatic carbocycles. The predicted molar refractivity (Wildman–Crippen MR) is 70.5 cm³/mol. The van der Waals surface area contributed by atoms with Crippen LogP contribution in [0.1, 0.15) is 16.4 Å². The standard InChI is InChI=1S/C11H14BrN3S/c1-15-10(7-13)14-9(11(15)12)5-4-8-3-2-6-16-8/h2-3,6H,4-5,7,13H2,1H3. The maximum Gasteiger partial charge on any atom is 0.123 e. The summed E-state index contributed by atoms with van der Waals surface area (Å²) in [7, 11) is 1.98. The van der Waals surface area contributed by atoms with Crippen molar-refractivity contribution >= 4 is 27.3 Å². The maximum atomic E-state index is 5.62. The predicted octanol–water partition coefficient (Wildman–Crippen LogP) is 2.49. The Kier molecular flexibility index (Phi) is 3.78. The first kappa shape index (κ1) is 11.8. The molecule has 0 unspecified atom stereocenters. The van der Waals surface area contributed by atoms with E-state index in [1.54, 1.807) is 11.3 Å². The van der Waals surface area contributed by atoms with Crippen LogP contribution in [0.25, 0.3) is 0 Å². The van der Waals surface area contributed by atoms with E-state index in [1.165, 1.54) is 4.88 Å². The van der Waals surface area contributed by atoms with Crippen LogP contribution in [0.3, 0.4) is 0 Å². The number of nitrogens with two attached hydrogens (primary N) is 1. The summed E-state index contributed by atoms with van der Waals surface area (Å²) in [6.45, 7) is 0.480. The summed E-state index contributed by atoms with van der Waals surface area (Å²) in [5.74, 6) is 0.924. The monoisotopic (exact) mass is 299 g/mol. The van der Waals surface area contributed by atoms with Gasteiger partial charge in [-0.05, 0) is 40.2 Å². The van der Waals surface area contributed by atoms with Crippen LogP contribution < -0.4 is 5.73 Å². The number of halogens is 1. The summed E-state index contributed by atoms with van der Waals surface area (Å²) in [4.78, 5) is 5.92. The summed E-state index contributed by atoms with van der Waals surface area (Å²) in [6.07, 6.45) is 1.99. The van der Waals surface area contributed by atoms with E-state index in [4.69, 9.17) is 5.73 Å². The van der Waals surface area contributed by atoms with Crippen LogP contribution in [0.2, 0.25) is 0 Å². The van der Waals surface area contributed by atoms with Gasteiger partial charge < -0.3 is 10.3 Å². The molecule has 0 fully saturated rings. The maximum absolute atomic E-state index is 5.62. The Morgan fingerprint density at radius 2 is 2.31 bits per heavy atom. The van der Waals surface area contributed by atoms with Gasteiger partial charge in [-0.2, -0.15) is 0 Å². The molecule has 0 radical (unpaired) electrons. The zero-order valence-electron chi connectivity index (χ0n) is 9.11. The van der Waals surface area contributed by atoms with Gasteiger partial charge in [0.25, 0.3) is 0 Å². The third-order valence-corrected chi connectivity index (χ3v) is 4.48. The molecule has 2 heterocycles. The van der Waals surface area contributed by atoms with Gasteiger partial charge in [-0.25, -0.2) is 4.98 Å². The minimum Gasteiger partial charge on any atom is -0.325 e. The van der Waals surface area contributed by atoms with E-state index in [-0.39, 0.29) is 0 Å². The number of aryl methyl sites for hydroxylation is 2. The Morgan fingerprint density at radius 3 is 2.88 bits per heavy atom. The number of rotatable bonds is 4. The molecule has 0 atom stereocenters. The Balaban J connectivity index is 2.10. The lowest BCUT2D eigenvalue weighted by Gasteiger charge is -1.98. The topological polar surface area (TPSA) is 43.8 Å². The summed E-state index contributed by atoms with van der Waals surface area (Å²) < 4.78 is 3.05. The summed E-state index contributed by atoms with van der Waals surface area (Å²) >= 11 is 5.34. The van der Waals surface area contributed by atoms with Crippen LogP contribution in [0.15, 0.2) is 22.1 Å². The second-order valence-electron chi connectivity index (χ2n) is 3.61. The first-order valence-electron chi connectivity index (χ1n) is 5.14. The van der Waals surface area contributed by atoms with Gasteiger partial charge in [0.2, 0.25) is 0 Å². The second kappa shape index (κ2) is 5.12. The smallest absolute Gasteiger partial charge is 0.123 e. The largest absolute Gasteiger partial charge is 0.325 e. The third-order valence-electron chi connectivity index (χ3n) is 2.55. The van der Waals surface area contributed by atoms with Crippen LogP contribution in [0.5, 0.6) is 0 Å². The molecule has 0 saturated heterocycles. The molecule has 0 aliphatic heterocycles. The lowest BCUT2D eigenvalue weighted by molar-refractivity contribution is 0.781. The lowest BCUT2D eigenvalue weighted by atomic mass is 10.2. The van der Waals surface area contributed by atoms with E-state index in [0.29, 0.717) is 6.54 Å². The molecular formula is C11H14BrN3S. The first-order chi connectivity index (χ1) is 7.72. The molecule has 0 aliphatic rings. The van der Waals surface area contributed by atoms with E-state index in [9.17, 15) is 0 Å². The van der Waals surface area contributed by atoms with Crippen molar-refractivity contribution in [2.45, 2.75) is 19.4 Å². The molecule has 2 N–H and O–H groups in total. The zero-order valence-corrected chi connectivity index (χ0v) is 11.5. The van der Waals surface area contributed by atoms with Gasteiger partial charge in [0.15, 0.2) is 0 Å². The number of imidazole rings is 1. The zero-order chi connectivity index (χ0) is 11.5. The van der Waals surface area contributed by atoms with E-state index < -0.39 is 0 Å². The molecule has 2 aromatic heterocycles. The molecule has 0 aliphatic carbocycles. The Labute approximate surface area is 107 Å². The highest BCUT2D eigenvalue weighted by molar-refractivity contribution is 9.10. The van der Waals surface area contributed by atoms with Crippen LogP contribution in [0.4, 0.5) is 0 Å². The van der Waals surface area contributed by atoms with Gasteiger partial charge >= 0.3 is 0 Å². The van der Waals surface area contributed by atoms with Crippen molar-refractivity contribution in [3.05, 3.63) is 38.5 Å². The Morgan fingerprint density at radius 1 is 1.50 bits per heavy atom. The van der Waals surface area contributed by atoms with Crippen molar-refractivity contribution < 1.29 is 0 Å². The van der Waals surface area contributed by atoms with Crippen LogP contribution in [0, 0.1) is 0 Å². The molecule has 5 heteroatoms. The van der Waals surface area contributed by atoms with E-state index >= 15 is 0 Å². The molecule has 3 nitrogen and oxygen atoms in total. The number of thiophene rings is 1. The van der Waals surface area contributed by atoms with Crippen LogP contribution in [-0.4, -0.2) is 9.55 Å². The van der Waals surface area contributed by atoms with E-state index in [0.717, 1.165) is 29.0 Å². The summed E-state index contributed by atoms with van der Waals surface area (Å²) in [5, 5.41) is 2.11. The normalized spacial score (nSPS) is 10.9. The Bertz CT molecular complexity index is 462. The molecule has 0 bridgehead atoms. The van der Waals surface area contributed by atoms with Gasteiger partial charge in [0.1, 0.15) is 10.4 Å². The fraction of sp³-hybridized carbons (Fsp3) is 0.364. The summed E-state index contributed by atoms with van der Waals surface area (Å²) in [6, 6.07) is 4.24. The van der Waals surface area contributed by atoms with Crippen molar-refractivity contribution in [2.24, 2.45) is 12.8 Å². The van der Waals surface area contributed by atoms with Gasteiger partial charge in [0, 0.05) is 11.9 Å². The summed E-state index contributed by atoms with van der Waals surface area (Å²) in [5.41, 5.74) is 6.72. The number of hydrogen-bond acceptors (Lipinski definition) is 3. The van der Waals surface area contributed by atoms with Crippen molar-refractivity contribution in [1.29, 1.82) is 0 Å². The van der Waals surface area contributed by atoms with Gasteiger partial charge in [-0.1, -0.05) is 6.07 Å². The first-order valence-corrected chi connectivity index (χ1v) is 6.82. The number of hydrogen-bond donors (Lipinski definition) is 1. The average molecular weight is 300 g/mol. The van der Waals surface area contributed by atoms with Crippen LogP contribution in [-0.2, 0) is 26.4 Å². The fourth-order valence-electron chi connectivity index (χ4n) is 1.62. The van der Waals surface area contributed by atoms with Crippen molar-refractivity contribution in [2.75, 3.05) is 0 Å². The highest BCUT2D eigenvalue weighted by Gasteiger charge is 2.11. The average Bonchev–Trinajstić information content (AvgIpc) is 2.88. The minimum absolute atomic E-state index is 0.480. The third kappa shape index (κ3) is 2.36. The van der Waals surface area contributed by atoms with Gasteiger partial charge in [0.05, 0.1) is 12.2 Å². The highest BCUT2D eigenvalue weighted by Crippen LogP contribution is 2.20. The highest BCUT2D eigenvalue weighted by atomic mass is 79.9. The fourth-order valence-corrected chi connectivity index (χ4v) is 2.82. The number of nitrogens with zero attached hydrogens (tertiary/aromatic N) is 2. The van der Waals surface area contributed by atoms with Gasteiger partial charge in [-0.3, -0.25) is 0 Å². The number of aromatic nitrogens is 2. The molecule has 16 heavy (non-hydrogen) atoms. The van der Waals surface area contributed by atoms with Crippen molar-refractivity contribution in [1.82, 2.24) is 9.55 Å². The molecular weight excluding hydrogens is 286 g/mol. The Hall–Kier alpha value is -0.650. The molecule has 2 aromatic rings. The molecule has 0 amide bonds. The minimum atomic E-state index is 0.480. The van der Waals surface area contributed by atoms with E-state index in [2.05, 4.69) is 38.4 Å². The lowest BCUT2D eigenvalue weighted by Crippen LogP contribution is -2.04. The molecule has 0 spiro atoms. The molecule has 2 rings (SSSR count). The van der Waals surface area contributed by atoms with Crippen molar-refractivity contribution in [3.63, 3.8) is 0 Å². The molecule has 0 saturated carbocycles. The molecule has 86 valence electrons. The van der Waals surface area contributed by atoms with E-state index in [1.807, 2.05) is 11.6 Å². The quantitative estimate of drug-likeness (QED) is 0.943. The van der Waals surface area contributed by atoms with Crippen LogP contribution >= 0.6 is 27.3 Å². The second-order valence-corrected chi connectivity index (χ2v) is 5.39.